The molecule has 0 unspecified atom stereocenters. The SMILES string of the molecule is O=C(Cc1cnn(-c2ccccc2)n1)Nc1ccnnc1. The quantitative estimate of drug-likeness (QED) is 0.777. The van der Waals surface area contributed by atoms with E-state index in [0.717, 1.165) is 5.69 Å². The number of benzene rings is 1. The molecule has 104 valence electrons. The van der Waals surface area contributed by atoms with Crippen LogP contribution in [0.4, 0.5) is 5.69 Å². The van der Waals surface area contributed by atoms with Crippen LogP contribution in [0.25, 0.3) is 5.69 Å². The van der Waals surface area contributed by atoms with E-state index in [1.54, 1.807) is 12.3 Å². The van der Waals surface area contributed by atoms with Crippen molar-refractivity contribution in [3.05, 3.63) is 60.7 Å². The minimum atomic E-state index is -0.178. The Morgan fingerprint density at radius 2 is 1.95 bits per heavy atom. The van der Waals surface area contributed by atoms with Gasteiger partial charge in [0.1, 0.15) is 0 Å². The predicted octanol–water partition coefficient (Wildman–Crippen LogP) is 1.24. The minimum Gasteiger partial charge on any atom is -0.324 e. The van der Waals surface area contributed by atoms with Gasteiger partial charge in [-0.1, -0.05) is 18.2 Å². The summed E-state index contributed by atoms with van der Waals surface area (Å²) in [5, 5.41) is 18.5. The summed E-state index contributed by atoms with van der Waals surface area (Å²) in [5.41, 5.74) is 2.05. The van der Waals surface area contributed by atoms with E-state index in [-0.39, 0.29) is 12.3 Å². The first-order chi connectivity index (χ1) is 10.3. The van der Waals surface area contributed by atoms with E-state index in [2.05, 4.69) is 25.7 Å². The number of aromatic nitrogens is 5. The van der Waals surface area contributed by atoms with Gasteiger partial charge in [-0.3, -0.25) is 4.79 Å². The zero-order valence-corrected chi connectivity index (χ0v) is 11.0. The number of hydrogen-bond donors (Lipinski definition) is 1. The maximum absolute atomic E-state index is 11.9. The van der Waals surface area contributed by atoms with E-state index in [9.17, 15) is 4.79 Å². The first kappa shape index (κ1) is 12.9. The van der Waals surface area contributed by atoms with Crippen molar-refractivity contribution in [1.29, 1.82) is 0 Å². The summed E-state index contributed by atoms with van der Waals surface area (Å²) in [6, 6.07) is 11.2. The molecule has 3 aromatic rings. The highest BCUT2D eigenvalue weighted by molar-refractivity contribution is 5.91. The van der Waals surface area contributed by atoms with Gasteiger partial charge in [0.05, 0.1) is 42.1 Å². The summed E-state index contributed by atoms with van der Waals surface area (Å²) in [6.07, 6.45) is 4.73. The minimum absolute atomic E-state index is 0.148. The Kier molecular flexibility index (Phi) is 3.64. The van der Waals surface area contributed by atoms with Crippen LogP contribution in [0, 0.1) is 0 Å². The molecule has 0 saturated carbocycles. The number of anilines is 1. The van der Waals surface area contributed by atoms with Gasteiger partial charge in [-0.2, -0.15) is 25.2 Å². The van der Waals surface area contributed by atoms with E-state index >= 15 is 0 Å². The summed E-state index contributed by atoms with van der Waals surface area (Å²) < 4.78 is 0. The van der Waals surface area contributed by atoms with Crippen molar-refractivity contribution in [1.82, 2.24) is 25.2 Å². The number of carbonyl (C=O) groups excluding carboxylic acids is 1. The standard InChI is InChI=1S/C14H12N6O/c21-14(18-11-6-7-15-16-9-11)8-12-10-17-20(19-12)13-4-2-1-3-5-13/h1-7,9-10H,8H2,(H,15,18,21). The maximum Gasteiger partial charge on any atom is 0.230 e. The Morgan fingerprint density at radius 3 is 2.71 bits per heavy atom. The summed E-state index contributed by atoms with van der Waals surface area (Å²) >= 11 is 0. The smallest absolute Gasteiger partial charge is 0.230 e. The average molecular weight is 280 g/mol. The fourth-order valence-corrected chi connectivity index (χ4v) is 1.80. The lowest BCUT2D eigenvalue weighted by atomic mass is 10.3. The first-order valence-corrected chi connectivity index (χ1v) is 6.34. The molecule has 0 spiro atoms. The van der Waals surface area contributed by atoms with Crippen LogP contribution in [0.3, 0.4) is 0 Å². The molecule has 0 fully saturated rings. The molecule has 0 atom stereocenters. The number of amides is 1. The Hall–Kier alpha value is -3.09. The first-order valence-electron chi connectivity index (χ1n) is 6.34. The molecule has 7 heteroatoms. The molecular weight excluding hydrogens is 268 g/mol. The predicted molar refractivity (Wildman–Crippen MR) is 75.7 cm³/mol. The summed E-state index contributed by atoms with van der Waals surface area (Å²) in [4.78, 5) is 13.4. The molecule has 2 aromatic heterocycles. The van der Waals surface area contributed by atoms with Crippen molar-refractivity contribution in [2.45, 2.75) is 6.42 Å². The van der Waals surface area contributed by atoms with Gasteiger partial charge in [-0.15, -0.1) is 0 Å². The van der Waals surface area contributed by atoms with E-state index < -0.39 is 0 Å². The largest absolute Gasteiger partial charge is 0.324 e. The van der Waals surface area contributed by atoms with Crippen LogP contribution in [0.15, 0.2) is 55.0 Å². The molecule has 0 aliphatic heterocycles. The molecule has 2 heterocycles. The van der Waals surface area contributed by atoms with Gasteiger partial charge in [0, 0.05) is 0 Å². The van der Waals surface area contributed by atoms with Gasteiger partial charge < -0.3 is 5.32 Å². The highest BCUT2D eigenvalue weighted by Gasteiger charge is 2.08. The molecule has 1 amide bonds. The lowest BCUT2D eigenvalue weighted by molar-refractivity contribution is -0.115. The van der Waals surface area contributed by atoms with Crippen LogP contribution in [-0.2, 0) is 11.2 Å². The lowest BCUT2D eigenvalue weighted by Crippen LogP contribution is -2.15. The molecule has 0 radical (unpaired) electrons. The lowest BCUT2D eigenvalue weighted by Gasteiger charge is -2.02. The Morgan fingerprint density at radius 1 is 1.10 bits per heavy atom. The monoisotopic (exact) mass is 280 g/mol. The third-order valence-corrected chi connectivity index (χ3v) is 2.74. The summed E-state index contributed by atoms with van der Waals surface area (Å²) in [7, 11) is 0. The second kappa shape index (κ2) is 5.91. The van der Waals surface area contributed by atoms with Gasteiger partial charge in [-0.05, 0) is 18.2 Å². The fraction of sp³-hybridized carbons (Fsp3) is 0.0714. The van der Waals surface area contributed by atoms with Crippen LogP contribution in [0.2, 0.25) is 0 Å². The number of rotatable bonds is 4. The molecule has 0 aliphatic carbocycles. The Bertz CT molecular complexity index is 725. The van der Waals surface area contributed by atoms with E-state index in [1.807, 2.05) is 30.3 Å². The van der Waals surface area contributed by atoms with Crippen LogP contribution in [0.5, 0.6) is 0 Å². The van der Waals surface area contributed by atoms with Gasteiger partial charge in [-0.25, -0.2) is 0 Å². The third kappa shape index (κ3) is 3.27. The molecule has 1 N–H and O–H groups in total. The van der Waals surface area contributed by atoms with E-state index in [0.29, 0.717) is 11.4 Å². The summed E-state index contributed by atoms with van der Waals surface area (Å²) in [6.45, 7) is 0. The molecule has 21 heavy (non-hydrogen) atoms. The molecule has 0 aliphatic rings. The second-order valence-electron chi connectivity index (χ2n) is 4.32. The van der Waals surface area contributed by atoms with Gasteiger partial charge in [0.15, 0.2) is 0 Å². The van der Waals surface area contributed by atoms with Gasteiger partial charge in [0.2, 0.25) is 5.91 Å². The van der Waals surface area contributed by atoms with Crippen molar-refractivity contribution >= 4 is 11.6 Å². The maximum atomic E-state index is 11.9. The Labute approximate surface area is 120 Å². The molecule has 1 aromatic carbocycles. The zero-order valence-electron chi connectivity index (χ0n) is 11.0. The topological polar surface area (TPSA) is 85.6 Å². The van der Waals surface area contributed by atoms with Gasteiger partial charge >= 0.3 is 0 Å². The van der Waals surface area contributed by atoms with Crippen molar-refractivity contribution in [2.75, 3.05) is 5.32 Å². The van der Waals surface area contributed by atoms with E-state index in [4.69, 9.17) is 0 Å². The van der Waals surface area contributed by atoms with Gasteiger partial charge in [0.25, 0.3) is 0 Å². The zero-order chi connectivity index (χ0) is 14.5. The molecular formula is C14H12N6O. The van der Waals surface area contributed by atoms with Crippen LogP contribution < -0.4 is 5.32 Å². The fourth-order valence-electron chi connectivity index (χ4n) is 1.80. The number of nitrogens with one attached hydrogen (secondary N) is 1. The van der Waals surface area contributed by atoms with Crippen LogP contribution in [-0.4, -0.2) is 31.1 Å². The van der Waals surface area contributed by atoms with Crippen LogP contribution in [0.1, 0.15) is 5.69 Å². The molecule has 0 bridgehead atoms. The number of nitrogens with zero attached hydrogens (tertiary/aromatic N) is 5. The Balaban J connectivity index is 1.66. The van der Waals surface area contributed by atoms with Crippen molar-refractivity contribution in [3.8, 4) is 5.69 Å². The summed E-state index contributed by atoms with van der Waals surface area (Å²) in [5.74, 6) is -0.178. The van der Waals surface area contributed by atoms with E-state index in [1.165, 1.54) is 17.2 Å². The number of carbonyl (C=O) groups is 1. The number of hydrogen-bond acceptors (Lipinski definition) is 5. The van der Waals surface area contributed by atoms with Crippen molar-refractivity contribution in [2.24, 2.45) is 0 Å². The van der Waals surface area contributed by atoms with Crippen LogP contribution >= 0.6 is 0 Å². The highest BCUT2D eigenvalue weighted by Crippen LogP contribution is 2.06. The molecule has 3 rings (SSSR count). The van der Waals surface area contributed by atoms with Crippen molar-refractivity contribution < 1.29 is 4.79 Å². The average Bonchev–Trinajstić information content (AvgIpc) is 2.97. The third-order valence-electron chi connectivity index (χ3n) is 2.74. The molecule has 7 nitrogen and oxygen atoms in total. The normalized spacial score (nSPS) is 10.3. The number of para-hydroxylation sites is 1. The van der Waals surface area contributed by atoms with Crippen molar-refractivity contribution in [3.63, 3.8) is 0 Å². The highest BCUT2D eigenvalue weighted by atomic mass is 16.1. The second-order valence-corrected chi connectivity index (χ2v) is 4.32. The molecule has 0 saturated heterocycles.